The highest BCUT2D eigenvalue weighted by atomic mass is 127. The SMILES string of the molecule is O=C(NC(=S)Nc1ccc(I)cc1-c1nc2ccccc2s1)c1cc(Br)ccc1Cl. The molecule has 0 spiro atoms. The van der Waals surface area contributed by atoms with Gasteiger partial charge in [0.1, 0.15) is 5.01 Å². The van der Waals surface area contributed by atoms with Gasteiger partial charge in [-0.3, -0.25) is 10.1 Å². The van der Waals surface area contributed by atoms with Gasteiger partial charge in [0.2, 0.25) is 0 Å². The van der Waals surface area contributed by atoms with Crippen molar-refractivity contribution in [3.05, 3.63) is 79.3 Å². The number of thiazole rings is 1. The molecule has 3 aromatic carbocycles. The molecule has 150 valence electrons. The molecule has 4 rings (SSSR count). The van der Waals surface area contributed by atoms with Gasteiger partial charge in [-0.25, -0.2) is 4.98 Å². The average Bonchev–Trinajstić information content (AvgIpc) is 3.15. The van der Waals surface area contributed by atoms with Crippen LogP contribution in [0.25, 0.3) is 20.8 Å². The number of hydrogen-bond acceptors (Lipinski definition) is 4. The molecule has 0 fully saturated rings. The maximum Gasteiger partial charge on any atom is 0.258 e. The monoisotopic (exact) mass is 627 g/mol. The fourth-order valence-corrected chi connectivity index (χ4v) is 5.04. The Morgan fingerprint density at radius 1 is 1.13 bits per heavy atom. The van der Waals surface area contributed by atoms with Crippen molar-refractivity contribution in [2.75, 3.05) is 5.32 Å². The van der Waals surface area contributed by atoms with E-state index >= 15 is 0 Å². The second-order valence-electron chi connectivity index (χ2n) is 6.21. The number of amides is 1. The van der Waals surface area contributed by atoms with Gasteiger partial charge in [-0.1, -0.05) is 39.7 Å². The third kappa shape index (κ3) is 4.83. The number of carbonyl (C=O) groups excluding carboxylic acids is 1. The van der Waals surface area contributed by atoms with E-state index in [0.717, 1.165) is 34.5 Å². The molecule has 0 unspecified atom stereocenters. The summed E-state index contributed by atoms with van der Waals surface area (Å²) >= 11 is 18.7. The maximum atomic E-state index is 12.6. The van der Waals surface area contributed by atoms with Crippen molar-refractivity contribution >= 4 is 101 Å². The number of para-hydroxylation sites is 1. The highest BCUT2D eigenvalue weighted by Gasteiger charge is 2.15. The molecule has 0 radical (unpaired) electrons. The molecule has 0 aliphatic rings. The molecule has 4 nitrogen and oxygen atoms in total. The van der Waals surface area contributed by atoms with Crippen molar-refractivity contribution in [1.29, 1.82) is 0 Å². The van der Waals surface area contributed by atoms with E-state index in [-0.39, 0.29) is 11.0 Å². The van der Waals surface area contributed by atoms with E-state index in [1.54, 1.807) is 29.5 Å². The standard InChI is InChI=1S/C21H12BrClIN3OS2/c22-11-5-7-15(23)13(9-11)19(28)27-21(29)26-16-8-6-12(24)10-14(16)20-25-17-3-1-2-4-18(17)30-20/h1-10H,(H2,26,27,28,29). The molecule has 4 aromatic rings. The summed E-state index contributed by atoms with van der Waals surface area (Å²) in [5.74, 6) is -0.383. The van der Waals surface area contributed by atoms with Gasteiger partial charge in [-0.2, -0.15) is 0 Å². The molecule has 2 N–H and O–H groups in total. The third-order valence-corrected chi connectivity index (χ3v) is 6.92. The molecule has 1 aromatic heterocycles. The largest absolute Gasteiger partial charge is 0.332 e. The Morgan fingerprint density at radius 2 is 1.93 bits per heavy atom. The van der Waals surface area contributed by atoms with Crippen molar-refractivity contribution in [3.8, 4) is 10.6 Å². The van der Waals surface area contributed by atoms with Crippen molar-refractivity contribution < 1.29 is 4.79 Å². The van der Waals surface area contributed by atoms with Gasteiger partial charge in [0.25, 0.3) is 5.91 Å². The maximum absolute atomic E-state index is 12.6. The van der Waals surface area contributed by atoms with Gasteiger partial charge in [0.05, 0.1) is 26.5 Å². The van der Waals surface area contributed by atoms with E-state index < -0.39 is 0 Å². The summed E-state index contributed by atoms with van der Waals surface area (Å²) in [5.41, 5.74) is 2.96. The van der Waals surface area contributed by atoms with Crippen LogP contribution in [0.3, 0.4) is 0 Å². The summed E-state index contributed by atoms with van der Waals surface area (Å²) in [6.07, 6.45) is 0. The van der Waals surface area contributed by atoms with Gasteiger partial charge in [-0.15, -0.1) is 11.3 Å². The molecule has 30 heavy (non-hydrogen) atoms. The zero-order valence-corrected chi connectivity index (χ0v) is 21.2. The lowest BCUT2D eigenvalue weighted by Gasteiger charge is -2.13. The molecule has 9 heteroatoms. The van der Waals surface area contributed by atoms with Crippen molar-refractivity contribution in [2.24, 2.45) is 0 Å². The molecule has 1 amide bonds. The second-order valence-corrected chi connectivity index (χ2v) is 10.2. The van der Waals surface area contributed by atoms with E-state index in [0.29, 0.717) is 10.6 Å². The minimum Gasteiger partial charge on any atom is -0.332 e. The van der Waals surface area contributed by atoms with E-state index in [2.05, 4.69) is 49.2 Å². The third-order valence-electron chi connectivity index (χ3n) is 4.15. The molecular formula is C21H12BrClIN3OS2. The number of rotatable bonds is 3. The molecule has 0 aliphatic heterocycles. The highest BCUT2D eigenvalue weighted by Crippen LogP contribution is 2.35. The van der Waals surface area contributed by atoms with Crippen molar-refractivity contribution in [3.63, 3.8) is 0 Å². The molecular weight excluding hydrogens is 617 g/mol. The Labute approximate surface area is 209 Å². The Bertz CT molecular complexity index is 1260. The van der Waals surface area contributed by atoms with E-state index in [9.17, 15) is 4.79 Å². The first-order valence-corrected chi connectivity index (χ1v) is 12.1. The quantitative estimate of drug-likeness (QED) is 0.188. The number of halogens is 3. The van der Waals surface area contributed by atoms with Gasteiger partial charge in [0.15, 0.2) is 5.11 Å². The summed E-state index contributed by atoms with van der Waals surface area (Å²) < 4.78 is 2.94. The van der Waals surface area contributed by atoms with Crippen LogP contribution in [0.1, 0.15) is 10.4 Å². The number of anilines is 1. The second kappa shape index (κ2) is 9.27. The predicted octanol–water partition coefficient (Wildman–Crippen LogP) is 7.11. The fourth-order valence-electron chi connectivity index (χ4n) is 2.79. The number of nitrogens with one attached hydrogen (secondary N) is 2. The summed E-state index contributed by atoms with van der Waals surface area (Å²) in [7, 11) is 0. The lowest BCUT2D eigenvalue weighted by atomic mass is 10.2. The van der Waals surface area contributed by atoms with Crippen molar-refractivity contribution in [1.82, 2.24) is 10.3 Å². The smallest absolute Gasteiger partial charge is 0.258 e. The van der Waals surface area contributed by atoms with Gasteiger partial charge >= 0.3 is 0 Å². The zero-order valence-electron chi connectivity index (χ0n) is 15.1. The Balaban J connectivity index is 1.59. The fraction of sp³-hybridized carbons (Fsp3) is 0. The lowest BCUT2D eigenvalue weighted by molar-refractivity contribution is 0.0978. The number of thiocarbonyl (C=S) groups is 1. The molecule has 0 atom stereocenters. The summed E-state index contributed by atoms with van der Waals surface area (Å²) in [5, 5.41) is 7.22. The number of aromatic nitrogens is 1. The number of hydrogen-bond donors (Lipinski definition) is 2. The Morgan fingerprint density at radius 3 is 2.73 bits per heavy atom. The normalized spacial score (nSPS) is 10.8. The summed E-state index contributed by atoms with van der Waals surface area (Å²) in [6.45, 7) is 0. The van der Waals surface area contributed by atoms with Crippen molar-refractivity contribution in [2.45, 2.75) is 0 Å². The lowest BCUT2D eigenvalue weighted by Crippen LogP contribution is -2.34. The molecule has 1 heterocycles. The molecule has 0 bridgehead atoms. The summed E-state index contributed by atoms with van der Waals surface area (Å²) in [4.78, 5) is 17.3. The van der Waals surface area contributed by atoms with Crippen LogP contribution < -0.4 is 10.6 Å². The Hall–Kier alpha value is -1.59. The van der Waals surface area contributed by atoms with E-state index in [4.69, 9.17) is 28.8 Å². The van der Waals surface area contributed by atoms with Crippen LogP contribution in [0, 0.1) is 3.57 Å². The van der Waals surface area contributed by atoms with Gasteiger partial charge in [0, 0.05) is 13.6 Å². The minimum absolute atomic E-state index is 0.180. The number of nitrogens with zero attached hydrogens (tertiary/aromatic N) is 1. The van der Waals surface area contributed by atoms with Crippen LogP contribution in [0.5, 0.6) is 0 Å². The topological polar surface area (TPSA) is 54.0 Å². The summed E-state index contributed by atoms with van der Waals surface area (Å²) in [6, 6.07) is 19.0. The van der Waals surface area contributed by atoms with E-state index in [1.807, 2.05) is 42.5 Å². The van der Waals surface area contributed by atoms with Crippen LogP contribution in [0.4, 0.5) is 5.69 Å². The van der Waals surface area contributed by atoms with Gasteiger partial charge in [-0.05, 0) is 83.3 Å². The average molecular weight is 629 g/mol. The minimum atomic E-state index is -0.383. The first-order valence-electron chi connectivity index (χ1n) is 8.63. The number of carbonyl (C=O) groups is 1. The number of benzene rings is 3. The van der Waals surface area contributed by atoms with Crippen LogP contribution in [0.15, 0.2) is 65.1 Å². The van der Waals surface area contributed by atoms with Gasteiger partial charge < -0.3 is 5.32 Å². The molecule has 0 saturated heterocycles. The Kier molecular flexibility index (Phi) is 6.69. The van der Waals surface area contributed by atoms with Crippen LogP contribution in [-0.4, -0.2) is 16.0 Å². The van der Waals surface area contributed by atoms with Crippen LogP contribution in [0.2, 0.25) is 5.02 Å². The first kappa shape index (κ1) is 21.6. The number of fused-ring (bicyclic) bond motifs is 1. The zero-order chi connectivity index (χ0) is 21.3. The molecule has 0 saturated carbocycles. The van der Waals surface area contributed by atoms with Crippen LogP contribution in [-0.2, 0) is 0 Å². The van der Waals surface area contributed by atoms with E-state index in [1.165, 1.54) is 0 Å². The highest BCUT2D eigenvalue weighted by molar-refractivity contribution is 14.1. The predicted molar refractivity (Wildman–Crippen MR) is 141 cm³/mol. The first-order chi connectivity index (χ1) is 14.4. The molecule has 0 aliphatic carbocycles. The van der Waals surface area contributed by atoms with Crippen LogP contribution >= 0.6 is 73.7 Å².